The fraction of sp³-hybridized carbons (Fsp3) is 0.316. The van der Waals surface area contributed by atoms with Crippen molar-refractivity contribution in [1.82, 2.24) is 25.3 Å². The maximum absolute atomic E-state index is 5.51. The summed E-state index contributed by atoms with van der Waals surface area (Å²) in [4.78, 5) is 11.2. The topological polar surface area (TPSA) is 85.5 Å². The first kappa shape index (κ1) is 16.2. The van der Waals surface area contributed by atoms with Crippen molar-refractivity contribution >= 4 is 0 Å². The van der Waals surface area contributed by atoms with Crippen molar-refractivity contribution in [1.29, 1.82) is 0 Å². The van der Waals surface area contributed by atoms with Gasteiger partial charge >= 0.3 is 0 Å². The highest BCUT2D eigenvalue weighted by atomic mass is 16.7. The third-order valence-electron chi connectivity index (χ3n) is 4.86. The standard InChI is InChI=1S/C19H19N5O3/c1-2-14(9-20-5-1)15-10-21-6-7-24(15)11-18-22-19(23-27-18)13-3-4-16-17(8-13)26-12-25-16/h1-5,8-9,15,21H,6-7,10-12H2. The molecule has 1 aromatic carbocycles. The Labute approximate surface area is 156 Å². The van der Waals surface area contributed by atoms with Crippen LogP contribution in [0.4, 0.5) is 0 Å². The molecule has 4 heterocycles. The van der Waals surface area contributed by atoms with Crippen molar-refractivity contribution in [3.05, 3.63) is 54.2 Å². The number of aromatic nitrogens is 3. The molecule has 1 atom stereocenters. The van der Waals surface area contributed by atoms with Crippen LogP contribution < -0.4 is 14.8 Å². The van der Waals surface area contributed by atoms with Crippen LogP contribution in [-0.2, 0) is 6.54 Å². The van der Waals surface area contributed by atoms with Gasteiger partial charge in [0.1, 0.15) is 0 Å². The number of rotatable bonds is 4. The predicted molar refractivity (Wildman–Crippen MR) is 96.1 cm³/mol. The van der Waals surface area contributed by atoms with Crippen LogP contribution in [0.1, 0.15) is 17.5 Å². The molecule has 1 N–H and O–H groups in total. The normalized spacial score (nSPS) is 19.3. The highest BCUT2D eigenvalue weighted by Crippen LogP contribution is 2.35. The van der Waals surface area contributed by atoms with E-state index in [4.69, 9.17) is 14.0 Å². The zero-order valence-electron chi connectivity index (χ0n) is 14.7. The Kier molecular flexibility index (Phi) is 4.19. The van der Waals surface area contributed by atoms with Crippen molar-refractivity contribution in [3.8, 4) is 22.9 Å². The highest BCUT2D eigenvalue weighted by Gasteiger charge is 2.26. The molecule has 27 heavy (non-hydrogen) atoms. The summed E-state index contributed by atoms with van der Waals surface area (Å²) in [6.07, 6.45) is 3.70. The van der Waals surface area contributed by atoms with E-state index in [1.54, 1.807) is 6.20 Å². The van der Waals surface area contributed by atoms with Crippen LogP contribution in [0.5, 0.6) is 11.5 Å². The lowest BCUT2D eigenvalue weighted by Gasteiger charge is -2.35. The van der Waals surface area contributed by atoms with E-state index in [1.807, 2.05) is 30.5 Å². The number of piperazine rings is 1. The molecule has 2 aliphatic rings. The van der Waals surface area contributed by atoms with Gasteiger partial charge in [-0.25, -0.2) is 0 Å². The molecule has 0 radical (unpaired) electrons. The van der Waals surface area contributed by atoms with Crippen molar-refractivity contribution in [2.75, 3.05) is 26.4 Å². The first-order valence-corrected chi connectivity index (χ1v) is 8.94. The lowest BCUT2D eigenvalue weighted by Crippen LogP contribution is -2.45. The predicted octanol–water partition coefficient (Wildman–Crippen LogP) is 2.01. The fourth-order valence-corrected chi connectivity index (χ4v) is 3.48. The SMILES string of the molecule is c1cncc(C2CNCCN2Cc2nc(-c3ccc4c(c3)OCO4)no2)c1. The van der Waals surface area contributed by atoms with Crippen molar-refractivity contribution in [2.24, 2.45) is 0 Å². The van der Waals surface area contributed by atoms with E-state index in [1.165, 1.54) is 5.56 Å². The van der Waals surface area contributed by atoms with Crippen LogP contribution >= 0.6 is 0 Å². The minimum Gasteiger partial charge on any atom is -0.454 e. The van der Waals surface area contributed by atoms with Crippen LogP contribution in [0.15, 0.2) is 47.2 Å². The van der Waals surface area contributed by atoms with E-state index >= 15 is 0 Å². The van der Waals surface area contributed by atoms with Gasteiger partial charge in [-0.2, -0.15) is 4.98 Å². The summed E-state index contributed by atoms with van der Waals surface area (Å²) in [5, 5.41) is 7.58. The number of fused-ring (bicyclic) bond motifs is 1. The van der Waals surface area contributed by atoms with E-state index in [0.717, 1.165) is 30.9 Å². The Balaban J connectivity index is 1.35. The summed E-state index contributed by atoms with van der Waals surface area (Å²) in [6, 6.07) is 9.94. The number of hydrogen-bond donors (Lipinski definition) is 1. The maximum atomic E-state index is 5.51. The second-order valence-corrected chi connectivity index (χ2v) is 6.56. The molecule has 0 aliphatic carbocycles. The Bertz CT molecular complexity index is 930. The van der Waals surface area contributed by atoms with E-state index < -0.39 is 0 Å². The molecule has 0 amide bonds. The molecule has 3 aromatic rings. The van der Waals surface area contributed by atoms with Gasteiger partial charge in [0.2, 0.25) is 18.5 Å². The maximum Gasteiger partial charge on any atom is 0.241 e. The molecular formula is C19H19N5O3. The lowest BCUT2D eigenvalue weighted by molar-refractivity contribution is 0.135. The molecule has 1 unspecified atom stereocenters. The number of nitrogens with one attached hydrogen (secondary N) is 1. The van der Waals surface area contributed by atoms with Gasteiger partial charge in [0.25, 0.3) is 0 Å². The Morgan fingerprint density at radius 3 is 3.07 bits per heavy atom. The van der Waals surface area contributed by atoms with Crippen LogP contribution in [0.25, 0.3) is 11.4 Å². The van der Waals surface area contributed by atoms with E-state index in [0.29, 0.717) is 24.0 Å². The average molecular weight is 365 g/mol. The Morgan fingerprint density at radius 2 is 2.15 bits per heavy atom. The lowest BCUT2D eigenvalue weighted by atomic mass is 10.1. The van der Waals surface area contributed by atoms with Gasteiger partial charge in [-0.15, -0.1) is 0 Å². The monoisotopic (exact) mass is 365 g/mol. The van der Waals surface area contributed by atoms with E-state index in [-0.39, 0.29) is 12.8 Å². The summed E-state index contributed by atoms with van der Waals surface area (Å²) in [7, 11) is 0. The number of benzene rings is 1. The minimum atomic E-state index is 0.230. The highest BCUT2D eigenvalue weighted by molar-refractivity contribution is 5.61. The molecule has 8 heteroatoms. The van der Waals surface area contributed by atoms with Crippen LogP contribution in [-0.4, -0.2) is 46.5 Å². The molecule has 0 saturated carbocycles. The van der Waals surface area contributed by atoms with Crippen molar-refractivity contribution in [3.63, 3.8) is 0 Å². The van der Waals surface area contributed by atoms with Crippen molar-refractivity contribution in [2.45, 2.75) is 12.6 Å². The summed E-state index contributed by atoms with van der Waals surface area (Å²) in [5.41, 5.74) is 2.03. The van der Waals surface area contributed by atoms with Crippen LogP contribution in [0.3, 0.4) is 0 Å². The Hall–Kier alpha value is -2.97. The van der Waals surface area contributed by atoms with Crippen molar-refractivity contribution < 1.29 is 14.0 Å². The van der Waals surface area contributed by atoms with Gasteiger partial charge in [-0.1, -0.05) is 11.2 Å². The minimum absolute atomic E-state index is 0.230. The molecule has 138 valence electrons. The van der Waals surface area contributed by atoms with Gasteiger partial charge in [0.05, 0.1) is 6.54 Å². The molecule has 5 rings (SSSR count). The van der Waals surface area contributed by atoms with Gasteiger partial charge in [0.15, 0.2) is 11.5 Å². The summed E-state index contributed by atoms with van der Waals surface area (Å²) < 4.78 is 16.3. The number of nitrogens with zero attached hydrogens (tertiary/aromatic N) is 4. The van der Waals surface area contributed by atoms with E-state index in [2.05, 4.69) is 31.4 Å². The quantitative estimate of drug-likeness (QED) is 0.751. The number of pyridine rings is 1. The molecule has 0 bridgehead atoms. The molecule has 0 spiro atoms. The largest absolute Gasteiger partial charge is 0.454 e. The first-order valence-electron chi connectivity index (χ1n) is 8.94. The van der Waals surface area contributed by atoms with Crippen LogP contribution in [0.2, 0.25) is 0 Å². The first-order chi connectivity index (χ1) is 13.4. The van der Waals surface area contributed by atoms with E-state index in [9.17, 15) is 0 Å². The second-order valence-electron chi connectivity index (χ2n) is 6.56. The summed E-state index contributed by atoms with van der Waals surface area (Å²) in [6.45, 7) is 3.55. The van der Waals surface area contributed by atoms with Gasteiger partial charge < -0.3 is 19.3 Å². The molecule has 8 nitrogen and oxygen atoms in total. The molecule has 1 fully saturated rings. The molecule has 2 aromatic heterocycles. The zero-order valence-corrected chi connectivity index (χ0v) is 14.7. The molecule has 1 saturated heterocycles. The second kappa shape index (κ2) is 6.98. The third-order valence-corrected chi connectivity index (χ3v) is 4.86. The zero-order chi connectivity index (χ0) is 18.1. The van der Waals surface area contributed by atoms with Crippen LogP contribution in [0, 0.1) is 0 Å². The average Bonchev–Trinajstić information content (AvgIpc) is 3.38. The smallest absolute Gasteiger partial charge is 0.241 e. The van der Waals surface area contributed by atoms with Gasteiger partial charge in [0, 0.05) is 43.6 Å². The fourth-order valence-electron chi connectivity index (χ4n) is 3.48. The summed E-state index contributed by atoms with van der Waals surface area (Å²) in [5.74, 6) is 2.59. The van der Waals surface area contributed by atoms with Gasteiger partial charge in [-0.3, -0.25) is 9.88 Å². The third kappa shape index (κ3) is 3.24. The molecular weight excluding hydrogens is 346 g/mol. The molecule has 2 aliphatic heterocycles. The number of hydrogen-bond acceptors (Lipinski definition) is 8. The van der Waals surface area contributed by atoms with Gasteiger partial charge in [-0.05, 0) is 29.8 Å². The number of ether oxygens (including phenoxy) is 2. The summed E-state index contributed by atoms with van der Waals surface area (Å²) >= 11 is 0. The Morgan fingerprint density at radius 1 is 1.19 bits per heavy atom.